The number of nitrogens with one attached hydrogen (secondary N) is 1. The SMILES string of the molecule is C/C(C=O)=C\Cn1ncc(C(=O)NC2C3CC4CC(C3)CC2C4)c1OCC1CCCCC1. The lowest BCUT2D eigenvalue weighted by Crippen LogP contribution is -2.55. The van der Waals surface area contributed by atoms with Crippen LogP contribution in [0.4, 0.5) is 0 Å². The number of aromatic nitrogens is 2. The van der Waals surface area contributed by atoms with E-state index in [0.29, 0.717) is 54.0 Å². The lowest BCUT2D eigenvalue weighted by molar-refractivity contribution is -0.104. The number of carbonyl (C=O) groups is 2. The van der Waals surface area contributed by atoms with Crippen LogP contribution in [0.25, 0.3) is 0 Å². The van der Waals surface area contributed by atoms with Crippen molar-refractivity contribution in [3.8, 4) is 5.88 Å². The summed E-state index contributed by atoms with van der Waals surface area (Å²) in [6.45, 7) is 2.83. The van der Waals surface area contributed by atoms with E-state index in [1.165, 1.54) is 64.2 Å². The van der Waals surface area contributed by atoms with Crippen LogP contribution in [-0.2, 0) is 11.3 Å². The van der Waals surface area contributed by atoms with Crippen LogP contribution in [0.15, 0.2) is 17.8 Å². The third-order valence-electron chi connectivity index (χ3n) is 8.51. The lowest BCUT2D eigenvalue weighted by Gasteiger charge is -2.54. The van der Waals surface area contributed by atoms with Crippen LogP contribution in [0.5, 0.6) is 5.88 Å². The Balaban J connectivity index is 1.31. The third-order valence-corrected chi connectivity index (χ3v) is 8.51. The average Bonchev–Trinajstić information content (AvgIpc) is 3.21. The first-order valence-corrected chi connectivity index (χ1v) is 12.7. The number of allylic oxidation sites excluding steroid dienone is 2. The quantitative estimate of drug-likeness (QED) is 0.477. The van der Waals surface area contributed by atoms with E-state index in [9.17, 15) is 9.59 Å². The fourth-order valence-corrected chi connectivity index (χ4v) is 7.03. The minimum Gasteiger partial charge on any atom is -0.477 e. The maximum Gasteiger partial charge on any atom is 0.258 e. The van der Waals surface area contributed by atoms with Crippen LogP contribution >= 0.6 is 0 Å². The Morgan fingerprint density at radius 2 is 1.81 bits per heavy atom. The zero-order valence-corrected chi connectivity index (χ0v) is 19.3. The molecule has 0 aliphatic heterocycles. The molecule has 0 aromatic carbocycles. The van der Waals surface area contributed by atoms with E-state index in [1.807, 2.05) is 6.08 Å². The molecule has 174 valence electrons. The van der Waals surface area contributed by atoms with Crippen LogP contribution in [0.2, 0.25) is 0 Å². The van der Waals surface area contributed by atoms with Crippen molar-refractivity contribution in [1.82, 2.24) is 15.1 Å². The minimum atomic E-state index is -0.0524. The number of nitrogens with zero attached hydrogens (tertiary/aromatic N) is 2. The van der Waals surface area contributed by atoms with Gasteiger partial charge in [0.15, 0.2) is 0 Å². The largest absolute Gasteiger partial charge is 0.477 e. The molecule has 6 nitrogen and oxygen atoms in total. The van der Waals surface area contributed by atoms with E-state index in [2.05, 4.69) is 10.4 Å². The molecule has 1 aromatic heterocycles. The molecule has 0 saturated heterocycles. The second-order valence-corrected chi connectivity index (χ2v) is 10.9. The monoisotopic (exact) mass is 439 g/mol. The minimum absolute atomic E-state index is 0.0524. The molecule has 0 spiro atoms. The molecule has 5 fully saturated rings. The molecule has 0 radical (unpaired) electrons. The molecule has 1 N–H and O–H groups in total. The maximum atomic E-state index is 13.4. The Hall–Kier alpha value is -2.11. The molecule has 0 atom stereocenters. The van der Waals surface area contributed by atoms with Gasteiger partial charge in [0.1, 0.15) is 11.8 Å². The Kier molecular flexibility index (Phi) is 6.38. The van der Waals surface area contributed by atoms with Crippen LogP contribution in [0, 0.1) is 29.6 Å². The van der Waals surface area contributed by atoms with Crippen molar-refractivity contribution in [1.29, 1.82) is 0 Å². The molecule has 32 heavy (non-hydrogen) atoms. The first kappa shape index (κ1) is 21.7. The highest BCUT2D eigenvalue weighted by atomic mass is 16.5. The summed E-state index contributed by atoms with van der Waals surface area (Å²) < 4.78 is 7.99. The summed E-state index contributed by atoms with van der Waals surface area (Å²) in [5.41, 5.74) is 1.19. The number of carbonyl (C=O) groups excluding carboxylic acids is 2. The van der Waals surface area contributed by atoms with Crippen molar-refractivity contribution in [3.05, 3.63) is 23.4 Å². The first-order valence-electron chi connectivity index (χ1n) is 12.7. The van der Waals surface area contributed by atoms with E-state index in [4.69, 9.17) is 4.74 Å². The highest BCUT2D eigenvalue weighted by Gasteiger charge is 2.48. The predicted octanol–water partition coefficient (Wildman–Crippen LogP) is 4.54. The molecule has 5 saturated carbocycles. The van der Waals surface area contributed by atoms with Crippen LogP contribution in [0.3, 0.4) is 0 Å². The number of rotatable bonds is 8. The molecule has 4 bridgehead atoms. The topological polar surface area (TPSA) is 73.2 Å². The zero-order valence-electron chi connectivity index (χ0n) is 19.3. The van der Waals surface area contributed by atoms with E-state index in [-0.39, 0.29) is 5.91 Å². The molecule has 5 aliphatic carbocycles. The molecule has 6 heteroatoms. The standard InChI is InChI=1S/C26H37N3O3/c1-17(15-30)7-8-29-26(32-16-18-5-3-2-4-6-18)23(14-27-29)25(31)28-24-21-10-19-9-20(12-21)13-22(24)11-19/h7,14-15,18-22,24H,2-6,8-13,16H2,1H3,(H,28,31)/b17-7+. The van der Waals surface area contributed by atoms with Gasteiger partial charge in [0.05, 0.1) is 19.3 Å². The van der Waals surface area contributed by atoms with Crippen LogP contribution in [-0.4, -0.2) is 34.6 Å². The second kappa shape index (κ2) is 9.40. The predicted molar refractivity (Wildman–Crippen MR) is 122 cm³/mol. The molecular formula is C26H37N3O3. The summed E-state index contributed by atoms with van der Waals surface area (Å²) in [7, 11) is 0. The number of ether oxygens (including phenoxy) is 1. The van der Waals surface area contributed by atoms with Gasteiger partial charge in [-0.15, -0.1) is 0 Å². The van der Waals surface area contributed by atoms with Crippen molar-refractivity contribution in [2.45, 2.75) is 83.7 Å². The van der Waals surface area contributed by atoms with Gasteiger partial charge in [-0.3, -0.25) is 9.59 Å². The van der Waals surface area contributed by atoms with Gasteiger partial charge in [-0.25, -0.2) is 4.68 Å². The summed E-state index contributed by atoms with van der Waals surface area (Å²) in [5, 5.41) is 7.86. The van der Waals surface area contributed by atoms with E-state index >= 15 is 0 Å². The molecule has 1 amide bonds. The highest BCUT2D eigenvalue weighted by molar-refractivity contribution is 5.96. The van der Waals surface area contributed by atoms with Crippen LogP contribution in [0.1, 0.15) is 81.5 Å². The normalized spacial score (nSPS) is 32.2. The van der Waals surface area contributed by atoms with E-state index in [0.717, 1.165) is 18.1 Å². The van der Waals surface area contributed by atoms with Crippen LogP contribution < -0.4 is 10.1 Å². The maximum absolute atomic E-state index is 13.4. The summed E-state index contributed by atoms with van der Waals surface area (Å²) in [6.07, 6.45) is 17.0. The average molecular weight is 440 g/mol. The fraction of sp³-hybridized carbons (Fsp3) is 0.731. The van der Waals surface area contributed by atoms with Gasteiger partial charge < -0.3 is 10.1 Å². The van der Waals surface area contributed by atoms with Crippen molar-refractivity contribution in [3.63, 3.8) is 0 Å². The molecule has 1 heterocycles. The second-order valence-electron chi connectivity index (χ2n) is 10.9. The summed E-state index contributed by atoms with van der Waals surface area (Å²) >= 11 is 0. The molecule has 5 aliphatic rings. The number of hydrogen-bond donors (Lipinski definition) is 1. The van der Waals surface area contributed by atoms with Crippen molar-refractivity contribution < 1.29 is 14.3 Å². The van der Waals surface area contributed by atoms with Gasteiger partial charge in [-0.2, -0.15) is 5.10 Å². The molecule has 0 unspecified atom stereocenters. The van der Waals surface area contributed by atoms with Crippen molar-refractivity contribution in [2.24, 2.45) is 29.6 Å². The third kappa shape index (κ3) is 4.51. The zero-order chi connectivity index (χ0) is 22.1. The van der Waals surface area contributed by atoms with Gasteiger partial charge in [0, 0.05) is 6.04 Å². The Labute approximate surface area is 191 Å². The Bertz CT molecular complexity index is 840. The fourth-order valence-electron chi connectivity index (χ4n) is 7.03. The number of amides is 1. The number of aldehydes is 1. The Morgan fingerprint density at radius 1 is 1.12 bits per heavy atom. The van der Waals surface area contributed by atoms with Gasteiger partial charge in [0.25, 0.3) is 5.91 Å². The van der Waals surface area contributed by atoms with Gasteiger partial charge >= 0.3 is 0 Å². The highest BCUT2D eigenvalue weighted by Crippen LogP contribution is 2.53. The molecular weight excluding hydrogens is 402 g/mol. The van der Waals surface area contributed by atoms with Gasteiger partial charge in [-0.05, 0) is 87.0 Å². The van der Waals surface area contributed by atoms with Crippen molar-refractivity contribution >= 4 is 12.2 Å². The summed E-state index contributed by atoms with van der Waals surface area (Å²) in [4.78, 5) is 24.4. The van der Waals surface area contributed by atoms with Gasteiger partial charge in [0.2, 0.25) is 5.88 Å². The number of hydrogen-bond acceptors (Lipinski definition) is 4. The first-order chi connectivity index (χ1) is 15.6. The van der Waals surface area contributed by atoms with E-state index < -0.39 is 0 Å². The molecule has 1 aromatic rings. The summed E-state index contributed by atoms with van der Waals surface area (Å²) in [6, 6.07) is 0.294. The lowest BCUT2D eigenvalue weighted by atomic mass is 9.54. The van der Waals surface area contributed by atoms with E-state index in [1.54, 1.807) is 17.8 Å². The van der Waals surface area contributed by atoms with Gasteiger partial charge in [-0.1, -0.05) is 25.3 Å². The Morgan fingerprint density at radius 3 is 2.47 bits per heavy atom. The van der Waals surface area contributed by atoms with Crippen molar-refractivity contribution in [2.75, 3.05) is 6.61 Å². The molecule has 6 rings (SSSR count). The smallest absolute Gasteiger partial charge is 0.258 e. The summed E-state index contributed by atoms with van der Waals surface area (Å²) in [5.74, 6) is 4.08.